The number of para-hydroxylation sites is 1. The summed E-state index contributed by atoms with van der Waals surface area (Å²) in [4.78, 5) is 70.9. The summed E-state index contributed by atoms with van der Waals surface area (Å²) in [5.41, 5.74) is 8.08. The minimum atomic E-state index is -1.05. The average molecular weight is 633 g/mol. The van der Waals surface area contributed by atoms with Gasteiger partial charge >= 0.3 is 5.97 Å². The molecule has 0 bridgehead atoms. The highest BCUT2D eigenvalue weighted by atomic mass is 32.2. The van der Waals surface area contributed by atoms with Gasteiger partial charge in [0.25, 0.3) is 0 Å². The van der Waals surface area contributed by atoms with E-state index in [2.05, 4.69) is 28.2 Å². The Kier molecular flexibility index (Phi) is 11.4. The van der Waals surface area contributed by atoms with Crippen molar-refractivity contribution in [1.82, 2.24) is 25.4 Å². The van der Waals surface area contributed by atoms with E-state index in [1.54, 1.807) is 0 Å². The standard InChI is InChI=1S/C29H40N6O6S2/c1-43-13-10-21(32-25(36)19(30)14-17-15-31-20-7-3-2-6-18(17)20)26(37)33-22(16-42)27(38)34-11-4-8-23(34)28(39)35-12-5-9-24(35)29(40)41/h2-3,6-7,15,19,21-24,31,42H,4-5,8-14,16,30H2,1H3,(H,32,36)(H,33,37)(H,40,41)/t19-,21-,22-,23-,24-/m0/s1. The molecule has 234 valence electrons. The zero-order valence-electron chi connectivity index (χ0n) is 24.2. The van der Waals surface area contributed by atoms with Gasteiger partial charge in [-0.1, -0.05) is 18.2 Å². The van der Waals surface area contributed by atoms with Gasteiger partial charge in [0, 0.05) is 35.9 Å². The topological polar surface area (TPSA) is 178 Å². The molecule has 0 radical (unpaired) electrons. The largest absolute Gasteiger partial charge is 0.480 e. The molecule has 2 fully saturated rings. The molecule has 0 unspecified atom stereocenters. The van der Waals surface area contributed by atoms with Crippen molar-refractivity contribution in [3.63, 3.8) is 0 Å². The van der Waals surface area contributed by atoms with Crippen LogP contribution in [0.25, 0.3) is 10.9 Å². The zero-order chi connectivity index (χ0) is 31.1. The second kappa shape index (κ2) is 15.0. The molecule has 43 heavy (non-hydrogen) atoms. The summed E-state index contributed by atoms with van der Waals surface area (Å²) in [7, 11) is 0. The molecular formula is C29H40N6O6S2. The number of likely N-dealkylation sites (tertiary alicyclic amines) is 2. The number of hydrogen-bond acceptors (Lipinski definition) is 8. The molecule has 12 nitrogen and oxygen atoms in total. The van der Waals surface area contributed by atoms with E-state index in [-0.39, 0.29) is 18.1 Å². The highest BCUT2D eigenvalue weighted by molar-refractivity contribution is 7.98. The summed E-state index contributed by atoms with van der Waals surface area (Å²) in [6.07, 6.45) is 6.28. The van der Waals surface area contributed by atoms with E-state index >= 15 is 0 Å². The number of fused-ring (bicyclic) bond motifs is 1. The van der Waals surface area contributed by atoms with Crippen molar-refractivity contribution in [2.45, 2.75) is 68.7 Å². The van der Waals surface area contributed by atoms with Gasteiger partial charge in [-0.2, -0.15) is 24.4 Å². The minimum Gasteiger partial charge on any atom is -0.480 e. The zero-order valence-corrected chi connectivity index (χ0v) is 25.9. The van der Waals surface area contributed by atoms with E-state index in [1.165, 1.54) is 21.6 Å². The van der Waals surface area contributed by atoms with E-state index in [1.807, 2.05) is 36.7 Å². The van der Waals surface area contributed by atoms with Crippen LogP contribution in [0.1, 0.15) is 37.7 Å². The molecule has 0 aliphatic carbocycles. The fourth-order valence-electron chi connectivity index (χ4n) is 5.84. The summed E-state index contributed by atoms with van der Waals surface area (Å²) >= 11 is 5.82. The van der Waals surface area contributed by atoms with Crippen molar-refractivity contribution in [1.29, 1.82) is 0 Å². The molecule has 3 heterocycles. The monoisotopic (exact) mass is 632 g/mol. The molecular weight excluding hydrogens is 592 g/mol. The molecule has 2 saturated heterocycles. The highest BCUT2D eigenvalue weighted by Crippen LogP contribution is 2.26. The summed E-state index contributed by atoms with van der Waals surface area (Å²) in [5.74, 6) is -2.36. The molecule has 4 rings (SSSR count). The lowest BCUT2D eigenvalue weighted by atomic mass is 10.0. The first-order chi connectivity index (χ1) is 20.7. The number of H-pyrrole nitrogens is 1. The fourth-order valence-corrected chi connectivity index (χ4v) is 6.56. The van der Waals surface area contributed by atoms with Gasteiger partial charge in [-0.05, 0) is 62.2 Å². The van der Waals surface area contributed by atoms with Gasteiger partial charge in [-0.3, -0.25) is 19.2 Å². The Labute approximate surface area is 260 Å². The number of hydrogen-bond donors (Lipinski definition) is 6. The molecule has 2 aliphatic heterocycles. The van der Waals surface area contributed by atoms with Crippen LogP contribution in [0.5, 0.6) is 0 Å². The molecule has 6 N–H and O–H groups in total. The Bertz CT molecular complexity index is 1340. The molecule has 4 amide bonds. The Morgan fingerprint density at radius 2 is 1.72 bits per heavy atom. The molecule has 2 aromatic rings. The van der Waals surface area contributed by atoms with Gasteiger partial charge in [0.1, 0.15) is 24.2 Å². The first-order valence-electron chi connectivity index (χ1n) is 14.5. The number of rotatable bonds is 13. The maximum absolute atomic E-state index is 13.6. The fraction of sp³-hybridized carbons (Fsp3) is 0.552. The van der Waals surface area contributed by atoms with E-state index in [9.17, 15) is 29.1 Å². The number of aliphatic carboxylic acids is 1. The van der Waals surface area contributed by atoms with Crippen molar-refractivity contribution < 1.29 is 29.1 Å². The lowest BCUT2D eigenvalue weighted by Crippen LogP contribution is -2.59. The maximum Gasteiger partial charge on any atom is 0.326 e. The number of benzene rings is 1. The molecule has 1 aromatic heterocycles. The number of carboxylic acids is 1. The SMILES string of the molecule is CSCC[C@H](NC(=O)[C@@H](N)Cc1c[nH]c2ccccc12)C(=O)N[C@@H](CS)C(=O)N1CCC[C@H]1C(=O)N1CCC[C@H]1C(=O)O. The van der Waals surface area contributed by atoms with E-state index in [0.29, 0.717) is 50.9 Å². The van der Waals surface area contributed by atoms with Crippen molar-refractivity contribution in [3.05, 3.63) is 36.0 Å². The number of thiol groups is 1. The van der Waals surface area contributed by atoms with Crippen LogP contribution in [0.15, 0.2) is 30.5 Å². The number of nitrogens with two attached hydrogens (primary N) is 1. The Balaban J connectivity index is 1.40. The molecule has 0 spiro atoms. The van der Waals surface area contributed by atoms with Gasteiger partial charge in [-0.15, -0.1) is 0 Å². The van der Waals surface area contributed by atoms with Gasteiger partial charge in [0.15, 0.2) is 0 Å². The van der Waals surface area contributed by atoms with Gasteiger partial charge in [0.05, 0.1) is 6.04 Å². The first-order valence-corrected chi connectivity index (χ1v) is 16.5. The van der Waals surface area contributed by atoms with Gasteiger partial charge < -0.3 is 36.3 Å². The normalized spacial score (nSPS) is 20.5. The van der Waals surface area contributed by atoms with Crippen molar-refractivity contribution in [3.8, 4) is 0 Å². The minimum absolute atomic E-state index is 0.0211. The third-order valence-electron chi connectivity index (χ3n) is 8.13. The summed E-state index contributed by atoms with van der Waals surface area (Å²) in [5, 5.41) is 16.0. The molecule has 5 atom stereocenters. The van der Waals surface area contributed by atoms with Crippen molar-refractivity contribution >= 4 is 64.9 Å². The summed E-state index contributed by atoms with van der Waals surface area (Å²) < 4.78 is 0. The number of aromatic nitrogens is 1. The van der Waals surface area contributed by atoms with Crippen LogP contribution in [-0.2, 0) is 30.4 Å². The lowest BCUT2D eigenvalue weighted by molar-refractivity contribution is -0.152. The van der Waals surface area contributed by atoms with Crippen LogP contribution in [0.4, 0.5) is 0 Å². The number of carbonyl (C=O) groups excluding carboxylic acids is 4. The molecule has 14 heteroatoms. The van der Waals surface area contributed by atoms with Crippen LogP contribution < -0.4 is 16.4 Å². The number of amides is 4. The maximum atomic E-state index is 13.6. The number of nitrogens with one attached hydrogen (secondary N) is 3. The predicted molar refractivity (Wildman–Crippen MR) is 168 cm³/mol. The smallest absolute Gasteiger partial charge is 0.326 e. The van der Waals surface area contributed by atoms with Gasteiger partial charge in [-0.25, -0.2) is 4.79 Å². The van der Waals surface area contributed by atoms with E-state index in [4.69, 9.17) is 5.73 Å². The number of aromatic amines is 1. The molecule has 2 aliphatic rings. The molecule has 0 saturated carbocycles. The van der Waals surface area contributed by atoms with Gasteiger partial charge in [0.2, 0.25) is 23.6 Å². The Hall–Kier alpha value is -3.23. The Morgan fingerprint density at radius 1 is 1.05 bits per heavy atom. The summed E-state index contributed by atoms with van der Waals surface area (Å²) in [6.45, 7) is 0.649. The third-order valence-corrected chi connectivity index (χ3v) is 9.14. The van der Waals surface area contributed by atoms with E-state index < -0.39 is 53.9 Å². The third kappa shape index (κ3) is 7.65. The highest BCUT2D eigenvalue weighted by Gasteiger charge is 2.43. The molecule has 1 aromatic carbocycles. The number of carbonyl (C=O) groups is 5. The first kappa shape index (κ1) is 32.7. The number of carboxylic acid groups (broad SMARTS) is 1. The predicted octanol–water partition coefficient (Wildman–Crippen LogP) is 0.757. The van der Waals surface area contributed by atoms with Crippen LogP contribution in [0.2, 0.25) is 0 Å². The van der Waals surface area contributed by atoms with Crippen molar-refractivity contribution in [2.75, 3.05) is 30.9 Å². The van der Waals surface area contributed by atoms with E-state index in [0.717, 1.165) is 16.5 Å². The Morgan fingerprint density at radius 3 is 2.42 bits per heavy atom. The average Bonchev–Trinajstić information content (AvgIpc) is 3.77. The second-order valence-corrected chi connectivity index (χ2v) is 12.3. The van der Waals surface area contributed by atoms with Crippen LogP contribution in [-0.4, -0.2) is 111 Å². The van der Waals surface area contributed by atoms with Crippen LogP contribution in [0, 0.1) is 0 Å². The van der Waals surface area contributed by atoms with Crippen LogP contribution >= 0.6 is 24.4 Å². The number of nitrogens with zero attached hydrogens (tertiary/aromatic N) is 2. The number of thioether (sulfide) groups is 1. The quantitative estimate of drug-likeness (QED) is 0.175. The second-order valence-electron chi connectivity index (χ2n) is 11.0. The summed E-state index contributed by atoms with van der Waals surface area (Å²) in [6, 6.07) is 3.16. The van der Waals surface area contributed by atoms with Crippen LogP contribution in [0.3, 0.4) is 0 Å². The van der Waals surface area contributed by atoms with Crippen molar-refractivity contribution in [2.24, 2.45) is 5.73 Å². The lowest BCUT2D eigenvalue weighted by Gasteiger charge is -2.32.